The van der Waals surface area contributed by atoms with Crippen molar-refractivity contribution in [1.29, 1.82) is 0 Å². The van der Waals surface area contributed by atoms with E-state index in [4.69, 9.17) is 0 Å². The van der Waals surface area contributed by atoms with Crippen LogP contribution < -0.4 is 0 Å². The van der Waals surface area contributed by atoms with E-state index in [9.17, 15) is 4.39 Å². The molecule has 1 aliphatic heterocycles. The SMILES string of the molecule is [CH2]C1(F)CN(C)C1. The fourth-order valence-corrected chi connectivity index (χ4v) is 0.921. The van der Waals surface area contributed by atoms with Crippen molar-refractivity contribution in [3.8, 4) is 0 Å². The molecule has 41 valence electrons. The molecule has 1 aliphatic rings. The van der Waals surface area contributed by atoms with Crippen molar-refractivity contribution in [1.82, 2.24) is 4.90 Å². The van der Waals surface area contributed by atoms with Crippen LogP contribution in [0.15, 0.2) is 0 Å². The summed E-state index contributed by atoms with van der Waals surface area (Å²) in [5, 5.41) is 0. The van der Waals surface area contributed by atoms with E-state index >= 15 is 0 Å². The van der Waals surface area contributed by atoms with Crippen LogP contribution in [-0.4, -0.2) is 30.7 Å². The third kappa shape index (κ3) is 0.911. The van der Waals surface area contributed by atoms with Crippen LogP contribution in [0.25, 0.3) is 0 Å². The van der Waals surface area contributed by atoms with Crippen molar-refractivity contribution in [2.24, 2.45) is 0 Å². The molecule has 7 heavy (non-hydrogen) atoms. The van der Waals surface area contributed by atoms with E-state index in [0.29, 0.717) is 13.1 Å². The normalized spacial score (nSPS) is 29.6. The molecule has 1 heterocycles. The summed E-state index contributed by atoms with van der Waals surface area (Å²) in [6, 6.07) is 0. The van der Waals surface area contributed by atoms with Gasteiger partial charge in [-0.3, -0.25) is 4.90 Å². The number of rotatable bonds is 0. The Morgan fingerprint density at radius 2 is 2.14 bits per heavy atom. The summed E-state index contributed by atoms with van der Waals surface area (Å²) in [6.45, 7) is 4.30. The van der Waals surface area contributed by atoms with Gasteiger partial charge in [0.15, 0.2) is 0 Å². The lowest BCUT2D eigenvalue weighted by molar-refractivity contribution is 0.0232. The molecule has 0 N–H and O–H groups in total. The van der Waals surface area contributed by atoms with Crippen molar-refractivity contribution in [3.05, 3.63) is 6.92 Å². The lowest BCUT2D eigenvalue weighted by Crippen LogP contribution is -2.54. The minimum atomic E-state index is -1.13. The minimum absolute atomic E-state index is 0.493. The lowest BCUT2D eigenvalue weighted by atomic mass is 10.0. The van der Waals surface area contributed by atoms with Crippen molar-refractivity contribution < 1.29 is 4.39 Å². The first-order valence-corrected chi connectivity index (χ1v) is 2.33. The third-order valence-corrected chi connectivity index (χ3v) is 1.11. The van der Waals surface area contributed by atoms with Crippen LogP contribution in [0.1, 0.15) is 0 Å². The summed E-state index contributed by atoms with van der Waals surface area (Å²) < 4.78 is 12.3. The van der Waals surface area contributed by atoms with Gasteiger partial charge >= 0.3 is 0 Å². The van der Waals surface area contributed by atoms with Crippen molar-refractivity contribution in [2.75, 3.05) is 20.1 Å². The second-order valence-corrected chi connectivity index (χ2v) is 2.32. The molecule has 0 amide bonds. The Bertz CT molecular complexity index is 72.1. The molecule has 1 saturated heterocycles. The molecule has 1 radical (unpaired) electrons. The van der Waals surface area contributed by atoms with Gasteiger partial charge in [-0.1, -0.05) is 0 Å². The van der Waals surface area contributed by atoms with Gasteiger partial charge in [0.25, 0.3) is 0 Å². The Labute approximate surface area is 43.1 Å². The molecule has 0 bridgehead atoms. The second kappa shape index (κ2) is 1.19. The minimum Gasteiger partial charge on any atom is -0.300 e. The molecule has 1 nitrogen and oxygen atoms in total. The summed E-state index contributed by atoms with van der Waals surface area (Å²) in [6.07, 6.45) is 0. The highest BCUT2D eigenvalue weighted by Crippen LogP contribution is 2.20. The molecule has 0 atom stereocenters. The number of halogens is 1. The monoisotopic (exact) mass is 102 g/mol. The highest BCUT2D eigenvalue weighted by atomic mass is 19.1. The van der Waals surface area contributed by atoms with E-state index in [0.717, 1.165) is 0 Å². The molecule has 0 aromatic heterocycles. The van der Waals surface area contributed by atoms with E-state index in [1.54, 1.807) is 0 Å². The first-order valence-electron chi connectivity index (χ1n) is 2.33. The van der Waals surface area contributed by atoms with Crippen molar-refractivity contribution >= 4 is 0 Å². The molecule has 0 spiro atoms. The fourth-order valence-electron chi connectivity index (χ4n) is 0.921. The van der Waals surface area contributed by atoms with Crippen LogP contribution in [0.5, 0.6) is 0 Å². The van der Waals surface area contributed by atoms with Crippen LogP contribution in [0, 0.1) is 6.92 Å². The van der Waals surface area contributed by atoms with E-state index in [1.807, 2.05) is 11.9 Å². The van der Waals surface area contributed by atoms with Gasteiger partial charge in [0.05, 0.1) is 0 Å². The number of likely N-dealkylation sites (tertiary alicyclic amines) is 1. The maximum atomic E-state index is 12.3. The Hall–Kier alpha value is -0.110. The topological polar surface area (TPSA) is 3.24 Å². The number of hydrogen-bond donors (Lipinski definition) is 0. The predicted octanol–water partition coefficient (Wildman–Crippen LogP) is 0.474. The molecule has 2 heteroatoms. The third-order valence-electron chi connectivity index (χ3n) is 1.11. The Morgan fingerprint density at radius 3 is 2.14 bits per heavy atom. The van der Waals surface area contributed by atoms with Crippen LogP contribution in [0.4, 0.5) is 4.39 Å². The summed E-state index contributed by atoms with van der Waals surface area (Å²) in [7, 11) is 1.88. The maximum absolute atomic E-state index is 12.3. The smallest absolute Gasteiger partial charge is 0.136 e. The molecule has 0 unspecified atom stereocenters. The molecule has 1 rings (SSSR count). The van der Waals surface area contributed by atoms with Crippen molar-refractivity contribution in [2.45, 2.75) is 5.67 Å². The van der Waals surface area contributed by atoms with Gasteiger partial charge in [0.2, 0.25) is 0 Å². The fraction of sp³-hybridized carbons (Fsp3) is 0.800. The molecule has 0 aromatic rings. The van der Waals surface area contributed by atoms with Gasteiger partial charge in [-0.2, -0.15) is 0 Å². The highest BCUT2D eigenvalue weighted by Gasteiger charge is 2.35. The van der Waals surface area contributed by atoms with Gasteiger partial charge in [-0.25, -0.2) is 4.39 Å². The lowest BCUT2D eigenvalue weighted by Gasteiger charge is -2.39. The first-order chi connectivity index (χ1) is 3.10. The summed E-state index contributed by atoms with van der Waals surface area (Å²) in [5.41, 5.74) is -1.13. The summed E-state index contributed by atoms with van der Waals surface area (Å²) in [4.78, 5) is 1.90. The van der Waals surface area contributed by atoms with E-state index < -0.39 is 5.67 Å². The number of hydrogen-bond acceptors (Lipinski definition) is 1. The van der Waals surface area contributed by atoms with Gasteiger partial charge in [0, 0.05) is 13.1 Å². The van der Waals surface area contributed by atoms with E-state index in [2.05, 4.69) is 6.92 Å². The Balaban J connectivity index is 2.29. The highest BCUT2D eigenvalue weighted by molar-refractivity contribution is 4.96. The zero-order valence-corrected chi connectivity index (χ0v) is 4.45. The van der Waals surface area contributed by atoms with Crippen LogP contribution in [0.2, 0.25) is 0 Å². The summed E-state index contributed by atoms with van der Waals surface area (Å²) >= 11 is 0. The Morgan fingerprint density at radius 1 is 1.71 bits per heavy atom. The predicted molar refractivity (Wildman–Crippen MR) is 26.7 cm³/mol. The zero-order valence-electron chi connectivity index (χ0n) is 4.45. The van der Waals surface area contributed by atoms with Gasteiger partial charge in [-0.05, 0) is 14.0 Å². The maximum Gasteiger partial charge on any atom is 0.136 e. The summed E-state index contributed by atoms with van der Waals surface area (Å²) in [5.74, 6) is 0. The Kier molecular flexibility index (Phi) is 0.854. The first kappa shape index (κ1) is 5.04. The van der Waals surface area contributed by atoms with E-state index in [1.165, 1.54) is 0 Å². The quantitative estimate of drug-likeness (QED) is 0.430. The van der Waals surface area contributed by atoms with Crippen LogP contribution in [0.3, 0.4) is 0 Å². The molecule has 0 aromatic carbocycles. The van der Waals surface area contributed by atoms with Gasteiger partial charge in [-0.15, -0.1) is 0 Å². The number of nitrogens with zero attached hydrogens (tertiary/aromatic N) is 1. The van der Waals surface area contributed by atoms with E-state index in [-0.39, 0.29) is 0 Å². The second-order valence-electron chi connectivity index (χ2n) is 2.32. The molecule has 0 aliphatic carbocycles. The zero-order chi connectivity index (χ0) is 5.49. The van der Waals surface area contributed by atoms with Crippen LogP contribution in [-0.2, 0) is 0 Å². The molecular formula is C5H9FN. The number of alkyl halides is 1. The average Bonchev–Trinajstić information content (AvgIpc) is 1.27. The molecular weight excluding hydrogens is 93.1 g/mol. The molecule has 0 saturated carbocycles. The van der Waals surface area contributed by atoms with Gasteiger partial charge < -0.3 is 0 Å². The standard InChI is InChI=1S/C5H9FN/c1-5(6)3-7(2)4-5/h1,3-4H2,2H3. The van der Waals surface area contributed by atoms with Gasteiger partial charge in [0.1, 0.15) is 5.67 Å². The van der Waals surface area contributed by atoms with Crippen molar-refractivity contribution in [3.63, 3.8) is 0 Å². The largest absolute Gasteiger partial charge is 0.300 e. The molecule has 1 fully saturated rings. The average molecular weight is 102 g/mol. The van der Waals surface area contributed by atoms with Crippen LogP contribution >= 0.6 is 0 Å².